The molecule has 1 saturated carbocycles. The minimum Gasteiger partial charge on any atom is -0.333 e. The number of anilines is 1. The number of carbonyl (C=O) groups is 2. The molecule has 23 heavy (non-hydrogen) atoms. The monoisotopic (exact) mass is 332 g/mol. The zero-order valence-electron chi connectivity index (χ0n) is 14.0. The fourth-order valence-electron chi connectivity index (χ4n) is 2.86. The van der Waals surface area contributed by atoms with Gasteiger partial charge < -0.3 is 10.2 Å². The van der Waals surface area contributed by atoms with E-state index in [1.807, 2.05) is 23.1 Å². The summed E-state index contributed by atoms with van der Waals surface area (Å²) >= 11 is 1.66. The number of rotatable bonds is 4. The molecular weight excluding hydrogens is 308 g/mol. The van der Waals surface area contributed by atoms with Gasteiger partial charge in [-0.3, -0.25) is 9.59 Å². The first-order chi connectivity index (χ1) is 11.0. The first-order valence-electron chi connectivity index (χ1n) is 8.36. The molecule has 1 N–H and O–H groups in total. The number of nitrogens with one attached hydrogen (secondary N) is 1. The maximum atomic E-state index is 13.0. The highest BCUT2D eigenvalue weighted by Crippen LogP contribution is 2.35. The summed E-state index contributed by atoms with van der Waals surface area (Å²) in [6.07, 6.45) is 2.71. The maximum absolute atomic E-state index is 13.0. The lowest BCUT2D eigenvalue weighted by atomic mass is 10.0. The Bertz CT molecular complexity index is 625. The van der Waals surface area contributed by atoms with E-state index in [4.69, 9.17) is 0 Å². The number of hydrogen-bond donors (Lipinski definition) is 1. The van der Waals surface area contributed by atoms with Gasteiger partial charge in [0.05, 0.1) is 5.69 Å². The van der Waals surface area contributed by atoms with E-state index in [1.54, 1.807) is 11.8 Å². The third-order valence-corrected chi connectivity index (χ3v) is 5.74. The van der Waals surface area contributed by atoms with E-state index in [0.29, 0.717) is 23.9 Å². The van der Waals surface area contributed by atoms with Gasteiger partial charge in [-0.15, -0.1) is 11.8 Å². The van der Waals surface area contributed by atoms with Crippen LogP contribution in [0.25, 0.3) is 0 Å². The number of amides is 2. The second-order valence-electron chi connectivity index (χ2n) is 6.79. The Morgan fingerprint density at radius 2 is 2.04 bits per heavy atom. The lowest BCUT2D eigenvalue weighted by Gasteiger charge is -2.32. The van der Waals surface area contributed by atoms with Gasteiger partial charge in [-0.2, -0.15) is 0 Å². The molecule has 124 valence electrons. The zero-order valence-corrected chi connectivity index (χ0v) is 14.8. The van der Waals surface area contributed by atoms with Gasteiger partial charge in [-0.05, 0) is 43.9 Å². The molecule has 4 nitrogen and oxygen atoms in total. The van der Waals surface area contributed by atoms with Crippen LogP contribution in [0, 0.1) is 5.92 Å². The Balaban J connectivity index is 1.88. The van der Waals surface area contributed by atoms with Gasteiger partial charge in [0.25, 0.3) is 5.91 Å². The highest BCUT2D eigenvalue weighted by molar-refractivity contribution is 7.99. The van der Waals surface area contributed by atoms with E-state index >= 15 is 0 Å². The second-order valence-corrected chi connectivity index (χ2v) is 7.92. The fraction of sp³-hybridized carbons (Fsp3) is 0.556. The van der Waals surface area contributed by atoms with Gasteiger partial charge in [-0.25, -0.2) is 0 Å². The van der Waals surface area contributed by atoms with Crippen molar-refractivity contribution >= 4 is 29.3 Å². The van der Waals surface area contributed by atoms with Gasteiger partial charge in [-0.1, -0.05) is 13.8 Å². The minimum atomic E-state index is 0.0236. The maximum Gasteiger partial charge on any atom is 0.254 e. The van der Waals surface area contributed by atoms with Crippen LogP contribution in [0.2, 0.25) is 0 Å². The van der Waals surface area contributed by atoms with Gasteiger partial charge in [0, 0.05) is 34.7 Å². The lowest BCUT2D eigenvalue weighted by Crippen LogP contribution is -2.43. The van der Waals surface area contributed by atoms with Gasteiger partial charge in [0.2, 0.25) is 5.91 Å². The SMILES string of the molecule is CC(C)[C@@H](C)N(C(=O)c1ccc2c(c1)NC(=O)CCS2)C1CC1. The predicted molar refractivity (Wildman–Crippen MR) is 93.9 cm³/mol. The number of benzene rings is 1. The molecule has 0 saturated heterocycles. The molecule has 0 unspecified atom stereocenters. The Morgan fingerprint density at radius 3 is 2.70 bits per heavy atom. The standard InChI is InChI=1S/C18H24N2O2S/c1-11(2)12(3)20(14-5-6-14)18(22)13-4-7-16-15(10-13)19-17(21)8-9-23-16/h4,7,10-12,14H,5-6,8-9H2,1-3H3,(H,19,21)/t12-/m1/s1. The van der Waals surface area contributed by atoms with E-state index in [-0.39, 0.29) is 17.9 Å². The minimum absolute atomic E-state index is 0.0236. The van der Waals surface area contributed by atoms with Crippen molar-refractivity contribution in [3.05, 3.63) is 23.8 Å². The highest BCUT2D eigenvalue weighted by atomic mass is 32.2. The third-order valence-electron chi connectivity index (χ3n) is 4.67. The van der Waals surface area contributed by atoms with Crippen LogP contribution in [0.15, 0.2) is 23.1 Å². The molecule has 1 aliphatic carbocycles. The lowest BCUT2D eigenvalue weighted by molar-refractivity contribution is -0.115. The molecule has 1 fully saturated rings. The summed E-state index contributed by atoms with van der Waals surface area (Å²) in [4.78, 5) is 27.9. The topological polar surface area (TPSA) is 49.4 Å². The molecule has 0 radical (unpaired) electrons. The van der Waals surface area contributed by atoms with E-state index in [2.05, 4.69) is 26.1 Å². The summed E-state index contributed by atoms with van der Waals surface area (Å²) in [7, 11) is 0. The number of nitrogens with zero attached hydrogens (tertiary/aromatic N) is 1. The average molecular weight is 332 g/mol. The molecule has 1 aliphatic heterocycles. The normalized spacial score (nSPS) is 18.9. The first kappa shape index (κ1) is 16.4. The van der Waals surface area contributed by atoms with Crippen LogP contribution in [0.1, 0.15) is 50.4 Å². The van der Waals surface area contributed by atoms with Gasteiger partial charge in [0.15, 0.2) is 0 Å². The summed E-state index contributed by atoms with van der Waals surface area (Å²) in [5.41, 5.74) is 1.45. The molecule has 0 aromatic heterocycles. The van der Waals surface area contributed by atoms with Crippen LogP contribution < -0.4 is 5.32 Å². The number of thioether (sulfide) groups is 1. The van der Waals surface area contributed by atoms with Crippen molar-refractivity contribution in [3.8, 4) is 0 Å². The van der Waals surface area contributed by atoms with Crippen molar-refractivity contribution in [1.29, 1.82) is 0 Å². The van der Waals surface area contributed by atoms with E-state index in [9.17, 15) is 9.59 Å². The third kappa shape index (κ3) is 3.55. The molecule has 2 amide bonds. The Hall–Kier alpha value is -1.49. The van der Waals surface area contributed by atoms with Gasteiger partial charge >= 0.3 is 0 Å². The van der Waals surface area contributed by atoms with Crippen LogP contribution in [0.5, 0.6) is 0 Å². The van der Waals surface area contributed by atoms with Crippen molar-refractivity contribution in [2.24, 2.45) is 5.92 Å². The average Bonchev–Trinajstić information content (AvgIpc) is 3.33. The van der Waals surface area contributed by atoms with Crippen LogP contribution >= 0.6 is 11.8 Å². The van der Waals surface area contributed by atoms with Gasteiger partial charge in [0.1, 0.15) is 0 Å². The molecule has 2 aliphatic rings. The molecule has 0 spiro atoms. The van der Waals surface area contributed by atoms with Crippen molar-refractivity contribution in [2.75, 3.05) is 11.1 Å². The van der Waals surface area contributed by atoms with Crippen LogP contribution in [-0.2, 0) is 4.79 Å². The van der Waals surface area contributed by atoms with E-state index < -0.39 is 0 Å². The molecule has 1 aromatic rings. The summed E-state index contributed by atoms with van der Waals surface area (Å²) in [5, 5.41) is 2.92. The summed E-state index contributed by atoms with van der Waals surface area (Å²) < 4.78 is 0. The fourth-order valence-corrected chi connectivity index (χ4v) is 3.80. The second kappa shape index (κ2) is 6.56. The number of fused-ring (bicyclic) bond motifs is 1. The van der Waals surface area contributed by atoms with Crippen molar-refractivity contribution in [3.63, 3.8) is 0 Å². The molecule has 0 bridgehead atoms. The smallest absolute Gasteiger partial charge is 0.254 e. The largest absolute Gasteiger partial charge is 0.333 e. The van der Waals surface area contributed by atoms with Crippen LogP contribution in [-0.4, -0.2) is 34.6 Å². The Morgan fingerprint density at radius 1 is 1.30 bits per heavy atom. The van der Waals surface area contributed by atoms with E-state index in [0.717, 1.165) is 29.2 Å². The summed E-state index contributed by atoms with van der Waals surface area (Å²) in [6.45, 7) is 6.43. The zero-order chi connectivity index (χ0) is 16.6. The highest BCUT2D eigenvalue weighted by Gasteiger charge is 2.37. The van der Waals surface area contributed by atoms with Crippen LogP contribution in [0.4, 0.5) is 5.69 Å². The number of hydrogen-bond acceptors (Lipinski definition) is 3. The quantitative estimate of drug-likeness (QED) is 0.913. The molecular formula is C18H24N2O2S. The Kier molecular flexibility index (Phi) is 4.67. The molecule has 1 heterocycles. The number of carbonyl (C=O) groups excluding carboxylic acids is 2. The summed E-state index contributed by atoms with van der Waals surface area (Å²) in [5.74, 6) is 1.32. The van der Waals surface area contributed by atoms with Crippen molar-refractivity contribution in [2.45, 2.75) is 57.0 Å². The molecule has 5 heteroatoms. The molecule has 1 aromatic carbocycles. The van der Waals surface area contributed by atoms with Crippen LogP contribution in [0.3, 0.4) is 0 Å². The predicted octanol–water partition coefficient (Wildman–Crippen LogP) is 3.77. The van der Waals surface area contributed by atoms with Crippen molar-refractivity contribution < 1.29 is 9.59 Å². The summed E-state index contributed by atoms with van der Waals surface area (Å²) in [6, 6.07) is 6.30. The first-order valence-corrected chi connectivity index (χ1v) is 9.35. The van der Waals surface area contributed by atoms with E-state index in [1.165, 1.54) is 0 Å². The van der Waals surface area contributed by atoms with Crippen molar-refractivity contribution in [1.82, 2.24) is 4.90 Å². The Labute approximate surface area is 142 Å². The molecule has 3 rings (SSSR count). The molecule has 1 atom stereocenters.